The van der Waals surface area contributed by atoms with E-state index in [0.717, 1.165) is 31.0 Å². The van der Waals surface area contributed by atoms with Gasteiger partial charge in [0.15, 0.2) is 0 Å². The lowest BCUT2D eigenvalue weighted by atomic mass is 10.1. The van der Waals surface area contributed by atoms with Gasteiger partial charge in [0.25, 0.3) is 0 Å². The molecule has 1 fully saturated rings. The Hall–Kier alpha value is -2.46. The first-order chi connectivity index (χ1) is 12.7. The molecule has 3 aromatic rings. The van der Waals surface area contributed by atoms with Gasteiger partial charge >= 0.3 is 0 Å². The van der Waals surface area contributed by atoms with Crippen molar-refractivity contribution in [1.29, 1.82) is 0 Å². The summed E-state index contributed by atoms with van der Waals surface area (Å²) in [4.78, 5) is 11.5. The van der Waals surface area contributed by atoms with Gasteiger partial charge in [0, 0.05) is 49.5 Å². The smallest absolute Gasteiger partial charge is 0.141 e. The maximum atomic E-state index is 4.63. The number of aromatic nitrogens is 3. The highest BCUT2D eigenvalue weighted by Gasteiger charge is 2.24. The number of rotatable bonds is 5. The number of nitrogens with zero attached hydrogens (tertiary/aromatic N) is 4. The predicted molar refractivity (Wildman–Crippen MR) is 105 cm³/mol. The van der Waals surface area contributed by atoms with E-state index in [0.29, 0.717) is 5.92 Å². The molecule has 0 spiro atoms. The van der Waals surface area contributed by atoms with Crippen LogP contribution in [0.25, 0.3) is 11.4 Å². The Balaban J connectivity index is 1.44. The molecule has 1 saturated heterocycles. The van der Waals surface area contributed by atoms with Crippen LogP contribution in [0.2, 0.25) is 0 Å². The van der Waals surface area contributed by atoms with E-state index < -0.39 is 0 Å². The second kappa shape index (κ2) is 7.42. The van der Waals surface area contributed by atoms with Crippen LogP contribution in [-0.2, 0) is 13.1 Å². The van der Waals surface area contributed by atoms with Gasteiger partial charge in [0.1, 0.15) is 5.82 Å². The largest absolute Gasteiger partial charge is 0.328 e. The predicted octanol–water partition coefficient (Wildman–Crippen LogP) is 4.08. The Bertz CT molecular complexity index is 869. The molecule has 134 valence electrons. The molecule has 1 unspecified atom stereocenters. The molecule has 4 nitrogen and oxygen atoms in total. The lowest BCUT2D eigenvalue weighted by Crippen LogP contribution is -2.22. The van der Waals surface area contributed by atoms with Crippen molar-refractivity contribution in [2.45, 2.75) is 33.4 Å². The van der Waals surface area contributed by atoms with E-state index in [-0.39, 0.29) is 0 Å². The van der Waals surface area contributed by atoms with Crippen molar-refractivity contribution < 1.29 is 0 Å². The van der Waals surface area contributed by atoms with Gasteiger partial charge in [-0.25, -0.2) is 4.98 Å². The molecule has 0 amide bonds. The Morgan fingerprint density at radius 2 is 2.04 bits per heavy atom. The summed E-state index contributed by atoms with van der Waals surface area (Å²) in [6.45, 7) is 8.72. The van der Waals surface area contributed by atoms with Crippen molar-refractivity contribution in [2.24, 2.45) is 5.92 Å². The summed E-state index contributed by atoms with van der Waals surface area (Å²) < 4.78 is 2.36. The van der Waals surface area contributed by atoms with Gasteiger partial charge in [0.05, 0.1) is 0 Å². The molecule has 1 aliphatic rings. The standard InChI is InChI=1S/C22H26N4/c1-17-5-3-6-19(11-17)14-25-10-8-20(15-25)16-26-18(2)12-24-22(26)21-7-4-9-23-13-21/h3-7,9,11-13,20H,8,10,14-16H2,1-2H3. The fourth-order valence-electron chi connectivity index (χ4n) is 3.95. The van der Waals surface area contributed by atoms with Crippen LogP contribution in [0.5, 0.6) is 0 Å². The van der Waals surface area contributed by atoms with Gasteiger partial charge in [-0.3, -0.25) is 9.88 Å². The highest BCUT2D eigenvalue weighted by Crippen LogP contribution is 2.25. The molecule has 26 heavy (non-hydrogen) atoms. The summed E-state index contributed by atoms with van der Waals surface area (Å²) in [5, 5.41) is 0. The van der Waals surface area contributed by atoms with Gasteiger partial charge in [0.2, 0.25) is 0 Å². The van der Waals surface area contributed by atoms with E-state index in [1.165, 1.54) is 29.8 Å². The molecule has 2 aromatic heterocycles. The molecular formula is C22H26N4. The highest BCUT2D eigenvalue weighted by molar-refractivity contribution is 5.54. The summed E-state index contributed by atoms with van der Waals surface area (Å²) >= 11 is 0. The quantitative estimate of drug-likeness (QED) is 0.698. The van der Waals surface area contributed by atoms with Crippen molar-refractivity contribution in [3.63, 3.8) is 0 Å². The Labute approximate surface area is 155 Å². The third-order valence-electron chi connectivity index (χ3n) is 5.27. The van der Waals surface area contributed by atoms with Crippen LogP contribution < -0.4 is 0 Å². The van der Waals surface area contributed by atoms with E-state index >= 15 is 0 Å². The summed E-state index contributed by atoms with van der Waals surface area (Å²) in [5.41, 5.74) is 5.07. The van der Waals surface area contributed by atoms with Crippen molar-refractivity contribution in [1.82, 2.24) is 19.4 Å². The average Bonchev–Trinajstić information content (AvgIpc) is 3.23. The van der Waals surface area contributed by atoms with E-state index in [2.05, 4.69) is 63.6 Å². The first-order valence-corrected chi connectivity index (χ1v) is 9.39. The molecule has 1 atom stereocenters. The number of benzene rings is 1. The van der Waals surface area contributed by atoms with E-state index in [9.17, 15) is 0 Å². The molecule has 3 heterocycles. The third kappa shape index (κ3) is 3.70. The molecule has 1 aliphatic heterocycles. The fraction of sp³-hybridized carbons (Fsp3) is 0.364. The topological polar surface area (TPSA) is 34.0 Å². The molecule has 0 N–H and O–H groups in total. The normalized spacial score (nSPS) is 17.7. The number of hydrogen-bond acceptors (Lipinski definition) is 3. The van der Waals surface area contributed by atoms with Crippen molar-refractivity contribution >= 4 is 0 Å². The van der Waals surface area contributed by atoms with Crippen LogP contribution in [0.15, 0.2) is 55.0 Å². The molecule has 0 radical (unpaired) electrons. The van der Waals surface area contributed by atoms with E-state index in [4.69, 9.17) is 0 Å². The minimum Gasteiger partial charge on any atom is -0.328 e. The maximum Gasteiger partial charge on any atom is 0.141 e. The van der Waals surface area contributed by atoms with Crippen LogP contribution in [0.3, 0.4) is 0 Å². The zero-order valence-corrected chi connectivity index (χ0v) is 15.6. The monoisotopic (exact) mass is 346 g/mol. The van der Waals surface area contributed by atoms with Crippen molar-refractivity contribution in [3.05, 3.63) is 71.8 Å². The summed E-state index contributed by atoms with van der Waals surface area (Å²) in [7, 11) is 0. The van der Waals surface area contributed by atoms with Gasteiger partial charge in [-0.2, -0.15) is 0 Å². The third-order valence-corrected chi connectivity index (χ3v) is 5.27. The molecule has 4 heteroatoms. The van der Waals surface area contributed by atoms with Crippen LogP contribution in [0.4, 0.5) is 0 Å². The van der Waals surface area contributed by atoms with Crippen LogP contribution in [-0.4, -0.2) is 32.5 Å². The number of imidazole rings is 1. The summed E-state index contributed by atoms with van der Waals surface area (Å²) in [6.07, 6.45) is 6.93. The molecule has 0 aliphatic carbocycles. The molecule has 4 rings (SSSR count). The van der Waals surface area contributed by atoms with Crippen LogP contribution >= 0.6 is 0 Å². The molecule has 1 aromatic carbocycles. The number of hydrogen-bond donors (Lipinski definition) is 0. The average molecular weight is 346 g/mol. The zero-order valence-electron chi connectivity index (χ0n) is 15.6. The van der Waals surface area contributed by atoms with Gasteiger partial charge in [-0.1, -0.05) is 29.8 Å². The summed E-state index contributed by atoms with van der Waals surface area (Å²) in [5.74, 6) is 1.70. The van der Waals surface area contributed by atoms with Crippen LogP contribution in [0.1, 0.15) is 23.2 Å². The first-order valence-electron chi connectivity index (χ1n) is 9.39. The first kappa shape index (κ1) is 17.0. The number of likely N-dealkylation sites (tertiary alicyclic amines) is 1. The lowest BCUT2D eigenvalue weighted by Gasteiger charge is -2.18. The fourth-order valence-corrected chi connectivity index (χ4v) is 3.95. The van der Waals surface area contributed by atoms with Gasteiger partial charge < -0.3 is 4.57 Å². The minimum absolute atomic E-state index is 0.670. The van der Waals surface area contributed by atoms with Gasteiger partial charge in [-0.15, -0.1) is 0 Å². The minimum atomic E-state index is 0.670. The van der Waals surface area contributed by atoms with Gasteiger partial charge in [-0.05, 0) is 50.4 Å². The second-order valence-corrected chi connectivity index (χ2v) is 7.45. The van der Waals surface area contributed by atoms with Crippen molar-refractivity contribution in [2.75, 3.05) is 13.1 Å². The molecular weight excluding hydrogens is 320 g/mol. The Kier molecular flexibility index (Phi) is 4.85. The number of aryl methyl sites for hydroxylation is 2. The lowest BCUT2D eigenvalue weighted by molar-refractivity contribution is 0.309. The highest BCUT2D eigenvalue weighted by atomic mass is 15.2. The van der Waals surface area contributed by atoms with E-state index in [1.807, 2.05) is 24.7 Å². The SMILES string of the molecule is Cc1cccc(CN2CCC(Cn3c(C)cnc3-c3cccnc3)C2)c1. The number of pyridine rings is 1. The Morgan fingerprint density at radius 1 is 1.12 bits per heavy atom. The van der Waals surface area contributed by atoms with E-state index in [1.54, 1.807) is 0 Å². The maximum absolute atomic E-state index is 4.63. The molecule has 0 saturated carbocycles. The van der Waals surface area contributed by atoms with Crippen molar-refractivity contribution in [3.8, 4) is 11.4 Å². The summed E-state index contributed by atoms with van der Waals surface area (Å²) in [6, 6.07) is 12.9. The Morgan fingerprint density at radius 3 is 2.85 bits per heavy atom. The molecule has 0 bridgehead atoms. The second-order valence-electron chi connectivity index (χ2n) is 7.45. The van der Waals surface area contributed by atoms with Crippen LogP contribution in [0, 0.1) is 19.8 Å². The zero-order chi connectivity index (χ0) is 17.9.